The Labute approximate surface area is 116 Å². The summed E-state index contributed by atoms with van der Waals surface area (Å²) in [7, 11) is 0. The van der Waals surface area contributed by atoms with Gasteiger partial charge in [0.2, 0.25) is 0 Å². The lowest BCUT2D eigenvalue weighted by molar-refractivity contribution is -0.137. The van der Waals surface area contributed by atoms with E-state index in [1.807, 2.05) is 0 Å². The lowest BCUT2D eigenvalue weighted by Crippen LogP contribution is -2.58. The molecule has 0 aliphatic carbocycles. The first-order chi connectivity index (χ1) is 9.45. The molecule has 2 atom stereocenters. The molecule has 1 aromatic rings. The topological polar surface area (TPSA) is 23.5 Å². The zero-order valence-corrected chi connectivity index (χ0v) is 11.1. The molecular formula is C15H18F3NO. The third kappa shape index (κ3) is 2.56. The third-order valence-electron chi connectivity index (χ3n) is 4.62. The number of fused-ring (bicyclic) bond motifs is 3. The number of rotatable bonds is 2. The summed E-state index contributed by atoms with van der Waals surface area (Å²) in [6.07, 6.45) is -2.23. The van der Waals surface area contributed by atoms with Gasteiger partial charge >= 0.3 is 6.18 Å². The van der Waals surface area contributed by atoms with Gasteiger partial charge in [0, 0.05) is 6.04 Å². The summed E-state index contributed by atoms with van der Waals surface area (Å²) < 4.78 is 38.1. The lowest BCUT2D eigenvalue weighted by Gasteiger charge is -2.49. The highest BCUT2D eigenvalue weighted by molar-refractivity contribution is 5.26. The fraction of sp³-hybridized carbons (Fsp3) is 0.600. The molecule has 1 aromatic carbocycles. The number of hydrogen-bond acceptors (Lipinski definition) is 2. The van der Waals surface area contributed by atoms with Crippen LogP contribution < -0.4 is 0 Å². The average Bonchev–Trinajstić information content (AvgIpc) is 2.43. The van der Waals surface area contributed by atoms with Gasteiger partial charge in [-0.05, 0) is 49.9 Å². The number of hydrogen-bond donors (Lipinski definition) is 1. The summed E-state index contributed by atoms with van der Waals surface area (Å²) in [4.78, 5) is 2.21. The number of piperidine rings is 3. The maximum atomic E-state index is 12.7. The number of aliphatic hydroxyl groups is 1. The summed E-state index contributed by atoms with van der Waals surface area (Å²) in [5.41, 5.74) is 0.0388. The van der Waals surface area contributed by atoms with Crippen molar-refractivity contribution >= 4 is 0 Å². The molecule has 2 nitrogen and oxygen atoms in total. The van der Waals surface area contributed by atoms with E-state index in [1.165, 1.54) is 12.1 Å². The van der Waals surface area contributed by atoms with Gasteiger partial charge in [0.05, 0.1) is 11.7 Å². The fourth-order valence-corrected chi connectivity index (χ4v) is 3.49. The minimum Gasteiger partial charge on any atom is -0.391 e. The first-order valence-electron chi connectivity index (χ1n) is 7.03. The van der Waals surface area contributed by atoms with E-state index in [0.717, 1.165) is 32.0 Å². The second-order valence-corrected chi connectivity index (χ2v) is 5.83. The number of halogens is 3. The second kappa shape index (κ2) is 5.04. The molecule has 110 valence electrons. The Balaban J connectivity index is 1.78. The smallest absolute Gasteiger partial charge is 0.391 e. The van der Waals surface area contributed by atoms with Crippen LogP contribution in [0.5, 0.6) is 0 Å². The van der Waals surface area contributed by atoms with Crippen molar-refractivity contribution in [3.8, 4) is 0 Å². The molecular weight excluding hydrogens is 267 g/mol. The molecule has 3 saturated heterocycles. The Morgan fingerprint density at radius 1 is 1.20 bits per heavy atom. The molecule has 0 amide bonds. The predicted molar refractivity (Wildman–Crippen MR) is 69.2 cm³/mol. The van der Waals surface area contributed by atoms with E-state index in [0.29, 0.717) is 17.9 Å². The molecule has 0 aromatic heterocycles. The molecule has 3 aliphatic rings. The van der Waals surface area contributed by atoms with Crippen LogP contribution in [0.2, 0.25) is 0 Å². The van der Waals surface area contributed by atoms with Gasteiger partial charge < -0.3 is 5.11 Å². The van der Waals surface area contributed by atoms with Crippen LogP contribution in [0, 0.1) is 5.92 Å². The van der Waals surface area contributed by atoms with Gasteiger partial charge in [0.1, 0.15) is 0 Å². The Bertz CT molecular complexity index is 478. The largest absolute Gasteiger partial charge is 0.416 e. The standard InChI is InChI=1S/C15H18F3NO/c16-15(17,18)12-3-1-2-10(8-12)9-13-14(20)11-4-6-19(13)7-5-11/h1-3,8,11,13-14,20H,4-7,9H2. The van der Waals surface area contributed by atoms with Crippen molar-refractivity contribution in [3.63, 3.8) is 0 Å². The Kier molecular flexibility index (Phi) is 3.50. The van der Waals surface area contributed by atoms with Crippen molar-refractivity contribution in [2.24, 2.45) is 5.92 Å². The monoisotopic (exact) mass is 285 g/mol. The van der Waals surface area contributed by atoms with E-state index in [-0.39, 0.29) is 6.04 Å². The van der Waals surface area contributed by atoms with E-state index in [1.54, 1.807) is 6.07 Å². The van der Waals surface area contributed by atoms with E-state index < -0.39 is 17.8 Å². The molecule has 20 heavy (non-hydrogen) atoms. The van der Waals surface area contributed by atoms with Gasteiger partial charge in [-0.3, -0.25) is 4.90 Å². The minimum absolute atomic E-state index is 0.0361. The normalized spacial score (nSPS) is 33.4. The van der Waals surface area contributed by atoms with Gasteiger partial charge in [-0.2, -0.15) is 13.2 Å². The molecule has 2 bridgehead atoms. The summed E-state index contributed by atoms with van der Waals surface area (Å²) in [6, 6.07) is 5.42. The van der Waals surface area contributed by atoms with Gasteiger partial charge in [-0.15, -0.1) is 0 Å². The molecule has 0 radical (unpaired) electrons. The summed E-state index contributed by atoms with van der Waals surface area (Å²) in [6.45, 7) is 1.90. The van der Waals surface area contributed by atoms with Crippen molar-refractivity contribution < 1.29 is 18.3 Å². The SMILES string of the molecule is OC1C2CCN(CC2)C1Cc1cccc(C(F)(F)F)c1. The summed E-state index contributed by atoms with van der Waals surface area (Å²) in [5, 5.41) is 10.3. The molecule has 2 unspecified atom stereocenters. The molecule has 5 heteroatoms. The van der Waals surface area contributed by atoms with Crippen LogP contribution >= 0.6 is 0 Å². The Morgan fingerprint density at radius 2 is 1.90 bits per heavy atom. The first-order valence-corrected chi connectivity index (χ1v) is 7.03. The first kappa shape index (κ1) is 13.9. The van der Waals surface area contributed by atoms with Gasteiger partial charge in [-0.1, -0.05) is 18.2 Å². The van der Waals surface area contributed by atoms with Crippen LogP contribution in [-0.4, -0.2) is 35.2 Å². The van der Waals surface area contributed by atoms with Gasteiger partial charge in [-0.25, -0.2) is 0 Å². The molecule has 3 aliphatic heterocycles. The minimum atomic E-state index is -4.31. The van der Waals surface area contributed by atoms with Crippen molar-refractivity contribution in [2.75, 3.05) is 13.1 Å². The fourth-order valence-electron chi connectivity index (χ4n) is 3.49. The highest BCUT2D eigenvalue weighted by Crippen LogP contribution is 2.35. The van der Waals surface area contributed by atoms with E-state index >= 15 is 0 Å². The third-order valence-corrected chi connectivity index (χ3v) is 4.62. The van der Waals surface area contributed by atoms with Crippen LogP contribution in [0.4, 0.5) is 13.2 Å². The van der Waals surface area contributed by atoms with Gasteiger partial charge in [0.15, 0.2) is 0 Å². The summed E-state index contributed by atoms with van der Waals surface area (Å²) in [5.74, 6) is 0.316. The number of aliphatic hydroxyl groups excluding tert-OH is 1. The maximum Gasteiger partial charge on any atom is 0.416 e. The van der Waals surface area contributed by atoms with Crippen LogP contribution in [0.25, 0.3) is 0 Å². The van der Waals surface area contributed by atoms with Crippen LogP contribution in [0.15, 0.2) is 24.3 Å². The van der Waals surface area contributed by atoms with Crippen LogP contribution in [0.1, 0.15) is 24.0 Å². The highest BCUT2D eigenvalue weighted by atomic mass is 19.4. The zero-order chi connectivity index (χ0) is 14.3. The summed E-state index contributed by atoms with van der Waals surface area (Å²) >= 11 is 0. The molecule has 4 rings (SSSR count). The van der Waals surface area contributed by atoms with E-state index in [2.05, 4.69) is 4.90 Å². The molecule has 0 spiro atoms. The Morgan fingerprint density at radius 3 is 2.50 bits per heavy atom. The quantitative estimate of drug-likeness (QED) is 0.903. The number of nitrogens with zero attached hydrogens (tertiary/aromatic N) is 1. The van der Waals surface area contributed by atoms with Crippen molar-refractivity contribution in [1.82, 2.24) is 4.90 Å². The molecule has 0 saturated carbocycles. The molecule has 1 N–H and O–H groups in total. The lowest BCUT2D eigenvalue weighted by atomic mass is 9.78. The average molecular weight is 285 g/mol. The molecule has 3 heterocycles. The second-order valence-electron chi connectivity index (χ2n) is 5.83. The van der Waals surface area contributed by atoms with Crippen molar-refractivity contribution in [3.05, 3.63) is 35.4 Å². The predicted octanol–water partition coefficient (Wildman–Crippen LogP) is 2.70. The maximum absolute atomic E-state index is 12.7. The number of benzene rings is 1. The van der Waals surface area contributed by atoms with Crippen LogP contribution in [-0.2, 0) is 12.6 Å². The van der Waals surface area contributed by atoms with Crippen molar-refractivity contribution in [1.29, 1.82) is 0 Å². The van der Waals surface area contributed by atoms with E-state index in [4.69, 9.17) is 0 Å². The molecule has 3 fully saturated rings. The Hall–Kier alpha value is -1.07. The van der Waals surface area contributed by atoms with Gasteiger partial charge in [0.25, 0.3) is 0 Å². The zero-order valence-electron chi connectivity index (χ0n) is 11.1. The highest BCUT2D eigenvalue weighted by Gasteiger charge is 2.41. The number of alkyl halides is 3. The van der Waals surface area contributed by atoms with Crippen LogP contribution in [0.3, 0.4) is 0 Å². The van der Waals surface area contributed by atoms with Crippen molar-refractivity contribution in [2.45, 2.75) is 37.6 Å². The van der Waals surface area contributed by atoms with E-state index in [9.17, 15) is 18.3 Å².